The van der Waals surface area contributed by atoms with Gasteiger partial charge in [-0.05, 0) is 114 Å². The fourth-order valence-electron chi connectivity index (χ4n) is 6.77. The molecule has 0 bridgehead atoms. The van der Waals surface area contributed by atoms with Crippen LogP contribution in [0.1, 0.15) is 90.8 Å². The number of likely N-dealkylation sites (tertiary alicyclic amines) is 2. The second-order valence-electron chi connectivity index (χ2n) is 14.9. The van der Waals surface area contributed by atoms with Gasteiger partial charge in [0.05, 0.1) is 28.8 Å². The molecule has 2 unspecified atom stereocenters. The Morgan fingerprint density at radius 2 is 1.29 bits per heavy atom. The van der Waals surface area contributed by atoms with Gasteiger partial charge in [0.1, 0.15) is 22.7 Å². The molecule has 2 atom stereocenters. The Bertz CT molecular complexity index is 1840. The zero-order chi connectivity index (χ0) is 33.8. The summed E-state index contributed by atoms with van der Waals surface area (Å²) in [6.07, 6.45) is 7.04. The highest BCUT2D eigenvalue weighted by Crippen LogP contribution is 2.35. The summed E-state index contributed by atoms with van der Waals surface area (Å²) in [6.45, 7) is 12.7. The zero-order valence-electron chi connectivity index (χ0n) is 28.6. The van der Waals surface area contributed by atoms with Gasteiger partial charge < -0.3 is 18.9 Å². The highest BCUT2D eigenvalue weighted by Gasteiger charge is 2.36. The molecule has 250 valence electrons. The van der Waals surface area contributed by atoms with Crippen molar-refractivity contribution in [3.8, 4) is 22.3 Å². The number of aromatic amines is 1. The van der Waals surface area contributed by atoms with Crippen molar-refractivity contribution >= 4 is 28.9 Å². The van der Waals surface area contributed by atoms with E-state index < -0.39 is 11.2 Å². The number of carbonyl (C=O) groups excluding carboxylic acids is 2. The Hall–Kier alpha value is -4.86. The average Bonchev–Trinajstić information content (AvgIpc) is 3.83. The van der Waals surface area contributed by atoms with Crippen LogP contribution in [0.3, 0.4) is 0 Å². The maximum Gasteiger partial charge on any atom is 0.410 e. The van der Waals surface area contributed by atoms with E-state index in [-0.39, 0.29) is 24.3 Å². The van der Waals surface area contributed by atoms with Crippen molar-refractivity contribution in [2.75, 3.05) is 13.1 Å². The lowest BCUT2D eigenvalue weighted by Gasteiger charge is -2.27. The summed E-state index contributed by atoms with van der Waals surface area (Å²) in [7, 11) is 0. The molecule has 0 spiro atoms. The quantitative estimate of drug-likeness (QED) is 0.209. The fraction of sp³-hybridized carbons (Fsp3) is 0.421. The number of benzene rings is 2. The average molecular weight is 649 g/mol. The van der Waals surface area contributed by atoms with Gasteiger partial charge in [-0.15, -0.1) is 0 Å². The maximum atomic E-state index is 12.9. The molecule has 5 aromatic rings. The number of nitrogens with one attached hydrogen (secondary N) is 1. The summed E-state index contributed by atoms with van der Waals surface area (Å²) in [5, 5.41) is 0. The molecule has 5 heterocycles. The first kappa shape index (κ1) is 31.7. The Morgan fingerprint density at radius 3 is 1.92 bits per heavy atom. The minimum Gasteiger partial charge on any atom is -0.444 e. The number of nitrogens with zero attached hydrogens (tertiary/aromatic N) is 5. The molecule has 2 aromatic carbocycles. The molecule has 2 amide bonds. The Morgan fingerprint density at radius 1 is 0.729 bits per heavy atom. The summed E-state index contributed by atoms with van der Waals surface area (Å²) in [5.74, 6) is 0.795. The lowest BCUT2D eigenvalue weighted by atomic mass is 10.0. The van der Waals surface area contributed by atoms with Crippen LogP contribution >= 0.6 is 0 Å². The standard InChI is InChI=1S/C38H44N6O4/c1-37(2,3)47-35(45)43-18-7-9-31(43)30-23-42-20-17-27(22-33(42)39-30)25-13-11-24(12-14-25)26-15-16-28-29(21-26)41-34(40-28)32-10-8-19-44(32)36(46)48-38(4,5)6/h11-17,20-23,31-32H,7-10,18-19H2,1-6H3,(H,40,41). The number of fused-ring (bicyclic) bond motifs is 2. The Labute approximate surface area is 281 Å². The third kappa shape index (κ3) is 6.48. The number of imidazole rings is 2. The molecule has 0 aliphatic carbocycles. The van der Waals surface area contributed by atoms with Gasteiger partial charge in [0.25, 0.3) is 0 Å². The fourth-order valence-corrected chi connectivity index (χ4v) is 6.77. The van der Waals surface area contributed by atoms with Crippen molar-refractivity contribution in [1.29, 1.82) is 0 Å². The van der Waals surface area contributed by atoms with Crippen molar-refractivity contribution in [3.05, 3.63) is 78.5 Å². The molecule has 10 heteroatoms. The van der Waals surface area contributed by atoms with Crippen LogP contribution in [0.5, 0.6) is 0 Å². The minimum atomic E-state index is -0.541. The van der Waals surface area contributed by atoms with Crippen molar-refractivity contribution in [3.63, 3.8) is 0 Å². The van der Waals surface area contributed by atoms with E-state index in [1.54, 1.807) is 4.90 Å². The molecule has 7 rings (SSSR count). The van der Waals surface area contributed by atoms with Crippen molar-refractivity contribution in [1.82, 2.24) is 29.2 Å². The van der Waals surface area contributed by atoms with Crippen LogP contribution in [0, 0.1) is 0 Å². The van der Waals surface area contributed by atoms with Gasteiger partial charge in [-0.25, -0.2) is 19.6 Å². The number of hydrogen-bond donors (Lipinski definition) is 1. The lowest BCUT2D eigenvalue weighted by Crippen LogP contribution is -2.36. The normalized spacial score (nSPS) is 18.6. The van der Waals surface area contributed by atoms with E-state index in [9.17, 15) is 9.59 Å². The summed E-state index contributed by atoms with van der Waals surface area (Å²) in [4.78, 5) is 42.6. The number of H-pyrrole nitrogens is 1. The summed E-state index contributed by atoms with van der Waals surface area (Å²) < 4.78 is 13.3. The van der Waals surface area contributed by atoms with E-state index in [1.165, 1.54) is 0 Å². The maximum absolute atomic E-state index is 12.9. The van der Waals surface area contributed by atoms with Crippen molar-refractivity contribution in [2.45, 2.75) is 90.5 Å². The summed E-state index contributed by atoms with van der Waals surface area (Å²) in [5.41, 5.74) is 6.81. The lowest BCUT2D eigenvalue weighted by molar-refractivity contribution is 0.0210. The first-order chi connectivity index (χ1) is 22.8. The van der Waals surface area contributed by atoms with E-state index >= 15 is 0 Å². The molecule has 2 aliphatic heterocycles. The number of pyridine rings is 1. The molecule has 2 saturated heterocycles. The molecular formula is C38H44N6O4. The van der Waals surface area contributed by atoms with Crippen LogP contribution in [-0.2, 0) is 9.47 Å². The first-order valence-corrected chi connectivity index (χ1v) is 16.9. The third-order valence-corrected chi connectivity index (χ3v) is 8.95. The van der Waals surface area contributed by atoms with Crippen LogP contribution < -0.4 is 0 Å². The van der Waals surface area contributed by atoms with E-state index in [0.29, 0.717) is 13.1 Å². The van der Waals surface area contributed by atoms with Gasteiger partial charge in [0, 0.05) is 25.5 Å². The smallest absolute Gasteiger partial charge is 0.410 e. The Kier molecular flexibility index (Phi) is 7.92. The van der Waals surface area contributed by atoms with E-state index in [4.69, 9.17) is 19.4 Å². The van der Waals surface area contributed by atoms with Crippen LogP contribution in [0.25, 0.3) is 38.9 Å². The van der Waals surface area contributed by atoms with Crippen molar-refractivity contribution in [2.24, 2.45) is 0 Å². The summed E-state index contributed by atoms with van der Waals surface area (Å²) in [6, 6.07) is 18.7. The molecule has 0 radical (unpaired) electrons. The van der Waals surface area contributed by atoms with Gasteiger partial charge in [-0.3, -0.25) is 9.80 Å². The summed E-state index contributed by atoms with van der Waals surface area (Å²) >= 11 is 0. The topological polar surface area (TPSA) is 105 Å². The van der Waals surface area contributed by atoms with Gasteiger partial charge in [-0.2, -0.15) is 0 Å². The molecule has 48 heavy (non-hydrogen) atoms. The first-order valence-electron chi connectivity index (χ1n) is 16.9. The van der Waals surface area contributed by atoms with Gasteiger partial charge in [-0.1, -0.05) is 30.3 Å². The zero-order valence-corrected chi connectivity index (χ0v) is 28.6. The number of rotatable bonds is 4. The number of hydrogen-bond acceptors (Lipinski definition) is 6. The van der Waals surface area contributed by atoms with Crippen molar-refractivity contribution < 1.29 is 19.1 Å². The van der Waals surface area contributed by atoms with E-state index in [1.807, 2.05) is 69.3 Å². The predicted molar refractivity (Wildman–Crippen MR) is 186 cm³/mol. The molecule has 10 nitrogen and oxygen atoms in total. The van der Waals surface area contributed by atoms with Gasteiger partial charge in [0.15, 0.2) is 0 Å². The van der Waals surface area contributed by atoms with Crippen LogP contribution in [0.15, 0.2) is 67.0 Å². The molecule has 1 N–H and O–H groups in total. The van der Waals surface area contributed by atoms with Gasteiger partial charge >= 0.3 is 12.2 Å². The van der Waals surface area contributed by atoms with Crippen LogP contribution in [0.4, 0.5) is 9.59 Å². The highest BCUT2D eigenvalue weighted by molar-refractivity contribution is 5.83. The monoisotopic (exact) mass is 648 g/mol. The number of carbonyl (C=O) groups is 2. The highest BCUT2D eigenvalue weighted by atomic mass is 16.6. The van der Waals surface area contributed by atoms with Crippen LogP contribution in [0.2, 0.25) is 0 Å². The van der Waals surface area contributed by atoms with Crippen LogP contribution in [-0.4, -0.2) is 65.6 Å². The second kappa shape index (κ2) is 12.0. The number of amides is 2. The largest absolute Gasteiger partial charge is 0.444 e. The molecule has 3 aromatic heterocycles. The third-order valence-electron chi connectivity index (χ3n) is 8.95. The number of aromatic nitrogens is 4. The Balaban J connectivity index is 1.08. The molecule has 0 saturated carbocycles. The van der Waals surface area contributed by atoms with E-state index in [0.717, 1.165) is 76.1 Å². The van der Waals surface area contributed by atoms with E-state index in [2.05, 4.69) is 53.5 Å². The molecule has 2 fully saturated rings. The second-order valence-corrected chi connectivity index (χ2v) is 14.9. The SMILES string of the molecule is CC(C)(C)OC(=O)N1CCCC1c1cn2ccc(-c3ccc(-c4ccc5nc(C6CCCN6C(=O)OC(C)(C)C)[nH]c5c4)cc3)cc2n1. The van der Waals surface area contributed by atoms with Gasteiger partial charge in [0.2, 0.25) is 0 Å². The molecular weight excluding hydrogens is 604 g/mol. The predicted octanol–water partition coefficient (Wildman–Crippen LogP) is 8.69. The minimum absolute atomic E-state index is 0.0900. The number of ether oxygens (including phenoxy) is 2. The molecule has 2 aliphatic rings.